The molecule has 0 heterocycles. The maximum absolute atomic E-state index is 11.4. The van der Waals surface area contributed by atoms with Gasteiger partial charge in [0.1, 0.15) is 6.54 Å². The number of hydrogen-bond acceptors (Lipinski definition) is 4. The minimum Gasteiger partial charge on any atom is -0.325 e. The largest absolute Gasteiger partial charge is 0.325 e. The Morgan fingerprint density at radius 2 is 1.94 bits per heavy atom. The van der Waals surface area contributed by atoms with Gasteiger partial charge < -0.3 is 10.7 Å². The van der Waals surface area contributed by atoms with Crippen molar-refractivity contribution in [1.29, 1.82) is 0 Å². The average molecular weight is 359 g/mol. The third kappa shape index (κ3) is 5.76. The number of amides is 1. The van der Waals surface area contributed by atoms with Crippen molar-refractivity contribution in [2.75, 3.05) is 11.9 Å². The van der Waals surface area contributed by atoms with Crippen LogP contribution >= 0.6 is 22.6 Å². The van der Waals surface area contributed by atoms with E-state index in [0.29, 0.717) is 6.42 Å². The Bertz CT molecular complexity index is 431. The molecule has 0 aliphatic heterocycles. The third-order valence-electron chi connectivity index (χ3n) is 2.20. The fourth-order valence-corrected chi connectivity index (χ4v) is 1.60. The Hall–Kier alpha value is -1.44. The van der Waals surface area contributed by atoms with Crippen LogP contribution in [0.5, 0.6) is 0 Å². The highest BCUT2D eigenvalue weighted by molar-refractivity contribution is 14.1. The molecule has 1 rings (SSSR count). The normalized spacial score (nSPS) is 9.61. The smallest absolute Gasteiger partial charge is 0.245 e. The van der Waals surface area contributed by atoms with Gasteiger partial charge in [0.2, 0.25) is 5.91 Å². The van der Waals surface area contributed by atoms with Gasteiger partial charge in [0.15, 0.2) is 3.79 Å². The molecule has 0 aromatic heterocycles. The summed E-state index contributed by atoms with van der Waals surface area (Å²) in [5.74, 6) is -0.183. The van der Waals surface area contributed by atoms with Gasteiger partial charge in [-0.05, 0) is 46.7 Å². The molecule has 1 aromatic rings. The molecule has 5 nitrogen and oxygen atoms in total. The minimum absolute atomic E-state index is 0.0919. The lowest BCUT2D eigenvalue weighted by atomic mass is 10.1. The number of nitrogens with one attached hydrogen (secondary N) is 2. The lowest BCUT2D eigenvalue weighted by Crippen LogP contribution is -2.24. The summed E-state index contributed by atoms with van der Waals surface area (Å²) in [5.41, 5.74) is 4.27. The zero-order valence-electron chi connectivity index (χ0n) is 9.78. The molecular weight excluding hydrogens is 345 g/mol. The number of hydrogen-bond donors (Lipinski definition) is 2. The standard InChI is InChI=1S/C12H14IN3O2/c1-14-15-8-12(18)16-10-5-2-9(3-6-10)4-7-11(13)17/h2-3,5-6,15H,1,4,7-8H2,(H,16,18). The van der Waals surface area contributed by atoms with Gasteiger partial charge in [0, 0.05) is 18.8 Å². The quantitative estimate of drug-likeness (QED) is 0.337. The van der Waals surface area contributed by atoms with Gasteiger partial charge in [-0.1, -0.05) is 12.1 Å². The Morgan fingerprint density at radius 1 is 1.28 bits per heavy atom. The molecule has 0 bridgehead atoms. The molecule has 0 unspecified atom stereocenters. The van der Waals surface area contributed by atoms with Crippen LogP contribution in [-0.2, 0) is 16.0 Å². The first kappa shape index (κ1) is 14.6. The van der Waals surface area contributed by atoms with E-state index in [-0.39, 0.29) is 16.2 Å². The number of nitrogens with zero attached hydrogens (tertiary/aromatic N) is 1. The van der Waals surface area contributed by atoms with Crippen molar-refractivity contribution < 1.29 is 9.59 Å². The zero-order valence-corrected chi connectivity index (χ0v) is 11.9. The molecule has 0 radical (unpaired) electrons. The molecule has 0 saturated carbocycles. The van der Waals surface area contributed by atoms with Crippen molar-refractivity contribution in [2.45, 2.75) is 12.8 Å². The number of hydrazone groups is 1. The van der Waals surface area contributed by atoms with Crippen LogP contribution < -0.4 is 10.7 Å². The number of aryl methyl sites for hydroxylation is 1. The summed E-state index contributed by atoms with van der Waals surface area (Å²) < 4.78 is 0.146. The van der Waals surface area contributed by atoms with E-state index in [2.05, 4.69) is 22.6 Å². The Morgan fingerprint density at radius 3 is 2.50 bits per heavy atom. The zero-order chi connectivity index (χ0) is 13.4. The summed E-state index contributed by atoms with van der Waals surface area (Å²) in [6.07, 6.45) is 1.25. The predicted molar refractivity (Wildman–Crippen MR) is 80.0 cm³/mol. The monoisotopic (exact) mass is 359 g/mol. The van der Waals surface area contributed by atoms with Crippen molar-refractivity contribution in [3.63, 3.8) is 0 Å². The highest BCUT2D eigenvalue weighted by Gasteiger charge is 2.02. The molecule has 96 valence electrons. The number of halogens is 1. The maximum Gasteiger partial charge on any atom is 0.245 e. The summed E-state index contributed by atoms with van der Waals surface area (Å²) in [4.78, 5) is 22.2. The Labute approximate surface area is 119 Å². The molecule has 0 saturated heterocycles. The van der Waals surface area contributed by atoms with E-state index in [1.165, 1.54) is 0 Å². The Kier molecular flexibility index (Phi) is 6.34. The van der Waals surface area contributed by atoms with Gasteiger partial charge >= 0.3 is 0 Å². The van der Waals surface area contributed by atoms with E-state index < -0.39 is 0 Å². The molecule has 1 amide bonds. The first-order valence-electron chi connectivity index (χ1n) is 5.37. The third-order valence-corrected chi connectivity index (χ3v) is 2.74. The second-order valence-electron chi connectivity index (χ2n) is 3.59. The maximum atomic E-state index is 11.4. The van der Waals surface area contributed by atoms with Gasteiger partial charge in [0.05, 0.1) is 0 Å². The average Bonchev–Trinajstić information content (AvgIpc) is 2.35. The molecule has 0 aliphatic rings. The molecule has 0 aliphatic carbocycles. The molecule has 1 aromatic carbocycles. The fourth-order valence-electron chi connectivity index (χ4n) is 1.33. The van der Waals surface area contributed by atoms with Crippen molar-refractivity contribution >= 4 is 44.7 Å². The molecule has 0 spiro atoms. The van der Waals surface area contributed by atoms with Crippen LogP contribution in [-0.4, -0.2) is 23.0 Å². The summed E-state index contributed by atoms with van der Waals surface area (Å²) in [5, 5.41) is 6.09. The van der Waals surface area contributed by atoms with Crippen LogP contribution in [0.15, 0.2) is 29.4 Å². The van der Waals surface area contributed by atoms with Crippen molar-refractivity contribution in [3.8, 4) is 0 Å². The molecular formula is C12H14IN3O2. The van der Waals surface area contributed by atoms with E-state index in [1.807, 2.05) is 24.3 Å². The molecule has 18 heavy (non-hydrogen) atoms. The molecule has 6 heteroatoms. The fraction of sp³-hybridized carbons (Fsp3) is 0.250. The number of carbonyl (C=O) groups is 2. The number of benzene rings is 1. The Balaban J connectivity index is 2.46. The molecule has 0 fully saturated rings. The van der Waals surface area contributed by atoms with E-state index >= 15 is 0 Å². The molecule has 0 atom stereocenters. The number of anilines is 1. The van der Waals surface area contributed by atoms with Crippen molar-refractivity contribution in [3.05, 3.63) is 29.8 Å². The summed E-state index contributed by atoms with van der Waals surface area (Å²) in [7, 11) is 0. The summed E-state index contributed by atoms with van der Waals surface area (Å²) in [6.45, 7) is 3.31. The van der Waals surface area contributed by atoms with E-state index in [9.17, 15) is 9.59 Å². The van der Waals surface area contributed by atoms with E-state index in [1.54, 1.807) is 22.6 Å². The topological polar surface area (TPSA) is 70.6 Å². The summed E-state index contributed by atoms with van der Waals surface area (Å²) >= 11 is 1.79. The number of carbonyl (C=O) groups excluding carboxylic acids is 2. The van der Waals surface area contributed by atoms with Crippen LogP contribution in [0, 0.1) is 0 Å². The predicted octanol–water partition coefficient (Wildman–Crippen LogP) is 1.72. The number of rotatable bonds is 7. The minimum atomic E-state index is -0.183. The lowest BCUT2D eigenvalue weighted by Gasteiger charge is -2.06. The van der Waals surface area contributed by atoms with Crippen LogP contribution in [0.3, 0.4) is 0 Å². The lowest BCUT2D eigenvalue weighted by molar-refractivity contribution is -0.115. The van der Waals surface area contributed by atoms with Crippen LogP contribution in [0.2, 0.25) is 0 Å². The highest BCUT2D eigenvalue weighted by atomic mass is 127. The van der Waals surface area contributed by atoms with Crippen molar-refractivity contribution in [2.24, 2.45) is 5.10 Å². The van der Waals surface area contributed by atoms with Crippen LogP contribution in [0.4, 0.5) is 5.69 Å². The van der Waals surface area contributed by atoms with Gasteiger partial charge in [-0.15, -0.1) is 0 Å². The van der Waals surface area contributed by atoms with Gasteiger partial charge in [0.25, 0.3) is 0 Å². The highest BCUT2D eigenvalue weighted by Crippen LogP contribution is 2.11. The first-order valence-corrected chi connectivity index (χ1v) is 6.45. The van der Waals surface area contributed by atoms with Gasteiger partial charge in [-0.2, -0.15) is 5.10 Å². The SMILES string of the molecule is C=NNCC(=O)Nc1ccc(CCC(=O)I)cc1. The van der Waals surface area contributed by atoms with Gasteiger partial charge in [-0.3, -0.25) is 9.59 Å². The van der Waals surface area contributed by atoms with Crippen LogP contribution in [0.1, 0.15) is 12.0 Å². The van der Waals surface area contributed by atoms with E-state index in [4.69, 9.17) is 0 Å². The molecule has 2 N–H and O–H groups in total. The second-order valence-corrected chi connectivity index (χ2v) is 4.80. The van der Waals surface area contributed by atoms with Gasteiger partial charge in [-0.25, -0.2) is 0 Å². The van der Waals surface area contributed by atoms with Crippen LogP contribution in [0.25, 0.3) is 0 Å². The second kappa shape index (κ2) is 7.80. The van der Waals surface area contributed by atoms with E-state index in [0.717, 1.165) is 17.7 Å². The summed E-state index contributed by atoms with van der Waals surface area (Å²) in [6, 6.07) is 7.42. The van der Waals surface area contributed by atoms with Crippen molar-refractivity contribution in [1.82, 2.24) is 5.43 Å². The first-order chi connectivity index (χ1) is 8.61.